The highest BCUT2D eigenvalue weighted by Gasteiger charge is 2.37. The number of aromatic carboxylic acids is 1. The number of hydrogen-bond donors (Lipinski definition) is 2. The van der Waals surface area contributed by atoms with Gasteiger partial charge in [0.25, 0.3) is 0 Å². The van der Waals surface area contributed by atoms with Crippen LogP contribution in [-0.2, 0) is 6.54 Å². The molecule has 3 aromatic rings. The quantitative estimate of drug-likeness (QED) is 0.600. The molecule has 0 aliphatic carbocycles. The maximum Gasteiger partial charge on any atom is 0.387 e. The molecule has 0 fully saturated rings. The zero-order chi connectivity index (χ0) is 23.4. The number of fused-ring (bicyclic) bond motifs is 5. The number of carboxylic acid groups (broad SMARTS) is 1. The highest BCUT2D eigenvalue weighted by molar-refractivity contribution is 5.94. The lowest BCUT2D eigenvalue weighted by Gasteiger charge is -2.40. The molecule has 1 unspecified atom stereocenters. The van der Waals surface area contributed by atoms with Gasteiger partial charge in [-0.15, -0.1) is 0 Å². The van der Waals surface area contributed by atoms with Crippen LogP contribution < -0.4 is 14.9 Å². The number of aromatic nitrogens is 2. The third-order valence-electron chi connectivity index (χ3n) is 6.00. The monoisotopic (exact) mass is 448 g/mol. The summed E-state index contributed by atoms with van der Waals surface area (Å²) in [4.78, 5) is 24.1. The van der Waals surface area contributed by atoms with Gasteiger partial charge in [-0.2, -0.15) is 8.78 Å². The van der Waals surface area contributed by atoms with Crippen LogP contribution in [0.3, 0.4) is 0 Å². The van der Waals surface area contributed by atoms with Crippen LogP contribution in [0.1, 0.15) is 30.2 Å². The molecule has 0 amide bonds. The molecule has 2 N–H and O–H groups in total. The number of hydrogen-bond acceptors (Lipinski definition) is 5. The molecule has 4 rings (SSSR count). The SMILES string of the molecule is COc1ccc2c(cc3n2CC(C(C)(C)CO)n2cc(C(=O)O)c(=O)cc2-3)c1OC(F)F. The number of aliphatic hydroxyl groups is 1. The van der Waals surface area contributed by atoms with Crippen molar-refractivity contribution in [2.24, 2.45) is 5.41 Å². The maximum atomic E-state index is 13.1. The topological polar surface area (TPSA) is 103 Å². The van der Waals surface area contributed by atoms with Crippen LogP contribution in [0, 0.1) is 5.41 Å². The summed E-state index contributed by atoms with van der Waals surface area (Å²) in [6.45, 7) is 0.687. The number of halogens is 2. The van der Waals surface area contributed by atoms with E-state index in [1.54, 1.807) is 16.7 Å². The molecule has 0 bridgehead atoms. The number of aliphatic hydroxyl groups excluding tert-OH is 1. The van der Waals surface area contributed by atoms with E-state index in [-0.39, 0.29) is 23.7 Å². The predicted molar refractivity (Wildman–Crippen MR) is 112 cm³/mol. The van der Waals surface area contributed by atoms with E-state index in [9.17, 15) is 28.6 Å². The Balaban J connectivity index is 2.06. The third-order valence-corrected chi connectivity index (χ3v) is 6.00. The largest absolute Gasteiger partial charge is 0.493 e. The van der Waals surface area contributed by atoms with Crippen molar-refractivity contribution < 1.29 is 33.3 Å². The minimum atomic E-state index is -3.07. The zero-order valence-electron chi connectivity index (χ0n) is 17.6. The number of ether oxygens (including phenoxy) is 2. The number of nitrogens with zero attached hydrogens (tertiary/aromatic N) is 2. The molecule has 1 aliphatic rings. The Labute approximate surface area is 181 Å². The Hall–Kier alpha value is -3.40. The number of benzene rings is 1. The molecular weight excluding hydrogens is 426 g/mol. The Bertz CT molecular complexity index is 1280. The van der Waals surface area contributed by atoms with Crippen LogP contribution in [0.2, 0.25) is 0 Å². The normalized spacial score (nSPS) is 15.5. The fourth-order valence-corrected chi connectivity index (χ4v) is 4.23. The predicted octanol–water partition coefficient (Wildman–Crippen LogP) is 3.35. The standard InChI is InChI=1S/C22H22F2N2O6/c1-22(2,10-27)18-9-25-13-4-5-17(31-3)19(32-21(23)24)11(13)6-14(25)15-7-16(28)12(20(29)30)8-26(15)18/h4-8,18,21,27H,9-10H2,1-3H3,(H,29,30). The van der Waals surface area contributed by atoms with Crippen molar-refractivity contribution in [3.05, 3.63) is 46.2 Å². The Kier molecular flexibility index (Phi) is 5.20. The Morgan fingerprint density at radius 2 is 2.00 bits per heavy atom. The smallest absolute Gasteiger partial charge is 0.387 e. The molecule has 1 atom stereocenters. The summed E-state index contributed by atoms with van der Waals surface area (Å²) >= 11 is 0. The molecule has 170 valence electrons. The number of carboxylic acids is 1. The highest BCUT2D eigenvalue weighted by Crippen LogP contribution is 2.45. The average Bonchev–Trinajstić information content (AvgIpc) is 3.11. The molecule has 8 nitrogen and oxygen atoms in total. The van der Waals surface area contributed by atoms with Crippen LogP contribution in [0.15, 0.2) is 35.3 Å². The summed E-state index contributed by atoms with van der Waals surface area (Å²) in [5, 5.41) is 19.8. The molecular formula is C22H22F2N2O6. The van der Waals surface area contributed by atoms with Crippen LogP contribution in [0.4, 0.5) is 8.78 Å². The molecule has 2 aromatic heterocycles. The summed E-state index contributed by atoms with van der Waals surface area (Å²) in [7, 11) is 1.34. The van der Waals surface area contributed by atoms with E-state index in [0.717, 1.165) is 0 Å². The maximum absolute atomic E-state index is 13.1. The molecule has 0 radical (unpaired) electrons. The van der Waals surface area contributed by atoms with Crippen LogP contribution in [-0.4, -0.2) is 45.6 Å². The average molecular weight is 448 g/mol. The minimum absolute atomic E-state index is 0.129. The number of alkyl halides is 2. The lowest BCUT2D eigenvalue weighted by atomic mass is 9.83. The first kappa shape index (κ1) is 21.8. The van der Waals surface area contributed by atoms with E-state index in [4.69, 9.17) is 9.47 Å². The van der Waals surface area contributed by atoms with Gasteiger partial charge in [0.2, 0.25) is 0 Å². The Morgan fingerprint density at radius 1 is 1.28 bits per heavy atom. The van der Waals surface area contributed by atoms with Crippen molar-refractivity contribution >= 4 is 16.9 Å². The second-order valence-corrected chi connectivity index (χ2v) is 8.36. The Morgan fingerprint density at radius 3 is 2.59 bits per heavy atom. The van der Waals surface area contributed by atoms with Crippen LogP contribution in [0.25, 0.3) is 22.3 Å². The van der Waals surface area contributed by atoms with Gasteiger partial charge in [-0.25, -0.2) is 4.79 Å². The van der Waals surface area contributed by atoms with E-state index < -0.39 is 29.5 Å². The number of carbonyl (C=O) groups is 1. The first-order valence-corrected chi connectivity index (χ1v) is 9.84. The van der Waals surface area contributed by atoms with Gasteiger partial charge in [0.1, 0.15) is 5.56 Å². The molecule has 32 heavy (non-hydrogen) atoms. The van der Waals surface area contributed by atoms with Crippen LogP contribution >= 0.6 is 0 Å². The number of pyridine rings is 1. The van der Waals surface area contributed by atoms with Crippen molar-refractivity contribution in [3.8, 4) is 22.9 Å². The molecule has 0 spiro atoms. The van der Waals surface area contributed by atoms with Crippen LogP contribution in [0.5, 0.6) is 11.5 Å². The van der Waals surface area contributed by atoms with E-state index in [1.165, 1.54) is 25.4 Å². The van der Waals surface area contributed by atoms with Crippen molar-refractivity contribution in [1.29, 1.82) is 0 Å². The van der Waals surface area contributed by atoms with Crippen molar-refractivity contribution in [2.45, 2.75) is 33.0 Å². The third kappa shape index (κ3) is 3.31. The molecule has 10 heteroatoms. The number of methoxy groups -OCH3 is 1. The van der Waals surface area contributed by atoms with Gasteiger partial charge in [0.15, 0.2) is 16.9 Å². The van der Waals surface area contributed by atoms with E-state index in [2.05, 4.69) is 0 Å². The van der Waals surface area contributed by atoms with Crippen molar-refractivity contribution in [2.75, 3.05) is 13.7 Å². The summed E-state index contributed by atoms with van der Waals surface area (Å²) < 4.78 is 39.7. The molecule has 0 saturated carbocycles. The summed E-state index contributed by atoms with van der Waals surface area (Å²) in [5.74, 6) is -1.35. The van der Waals surface area contributed by atoms with Gasteiger partial charge >= 0.3 is 12.6 Å². The van der Waals surface area contributed by atoms with Crippen molar-refractivity contribution in [1.82, 2.24) is 9.13 Å². The fourth-order valence-electron chi connectivity index (χ4n) is 4.23. The van der Waals surface area contributed by atoms with E-state index >= 15 is 0 Å². The van der Waals surface area contributed by atoms with E-state index in [0.29, 0.717) is 28.8 Å². The number of rotatable bonds is 6. The molecule has 0 saturated heterocycles. The highest BCUT2D eigenvalue weighted by atomic mass is 19.3. The molecule has 1 aliphatic heterocycles. The van der Waals surface area contributed by atoms with Gasteiger partial charge in [0.05, 0.1) is 36.7 Å². The first-order chi connectivity index (χ1) is 15.1. The first-order valence-electron chi connectivity index (χ1n) is 9.84. The van der Waals surface area contributed by atoms with E-state index in [1.807, 2.05) is 18.4 Å². The van der Waals surface area contributed by atoms with Gasteiger partial charge in [-0.1, -0.05) is 13.8 Å². The second kappa shape index (κ2) is 7.63. The molecule has 1 aromatic carbocycles. The molecule has 3 heterocycles. The lowest BCUT2D eigenvalue weighted by molar-refractivity contribution is -0.0501. The lowest BCUT2D eigenvalue weighted by Crippen LogP contribution is -2.38. The minimum Gasteiger partial charge on any atom is -0.493 e. The van der Waals surface area contributed by atoms with Gasteiger partial charge < -0.3 is 28.8 Å². The van der Waals surface area contributed by atoms with Gasteiger partial charge in [-0.3, -0.25) is 4.79 Å². The van der Waals surface area contributed by atoms with Crippen molar-refractivity contribution in [3.63, 3.8) is 0 Å². The fraction of sp³-hybridized carbons (Fsp3) is 0.364. The second-order valence-electron chi connectivity index (χ2n) is 8.36. The summed E-state index contributed by atoms with van der Waals surface area (Å²) in [6.07, 6.45) is 1.28. The van der Waals surface area contributed by atoms with Gasteiger partial charge in [-0.05, 0) is 18.2 Å². The summed E-state index contributed by atoms with van der Waals surface area (Å²) in [6, 6.07) is 5.64. The summed E-state index contributed by atoms with van der Waals surface area (Å²) in [5.41, 5.74) is -0.230. The zero-order valence-corrected chi connectivity index (χ0v) is 17.6. The van der Waals surface area contributed by atoms with Gasteiger partial charge in [0, 0.05) is 29.6 Å².